The number of hydrogen-bond acceptors (Lipinski definition) is 7. The first-order valence-corrected chi connectivity index (χ1v) is 9.88. The van der Waals surface area contributed by atoms with E-state index in [-0.39, 0.29) is 18.5 Å². The molecule has 0 saturated heterocycles. The van der Waals surface area contributed by atoms with Gasteiger partial charge in [0.1, 0.15) is 5.03 Å². The van der Waals surface area contributed by atoms with Gasteiger partial charge in [-0.3, -0.25) is 4.79 Å². The van der Waals surface area contributed by atoms with E-state index in [0.717, 1.165) is 15.9 Å². The molecule has 0 radical (unpaired) electrons. The molecule has 8 heteroatoms. The molecule has 3 heterocycles. The third kappa shape index (κ3) is 3.62. The summed E-state index contributed by atoms with van der Waals surface area (Å²) in [7, 11) is 0. The van der Waals surface area contributed by atoms with Gasteiger partial charge in [0.05, 0.1) is 17.5 Å². The second-order valence-corrected chi connectivity index (χ2v) is 7.22. The number of benzene rings is 2. The van der Waals surface area contributed by atoms with Crippen LogP contribution in [0.25, 0.3) is 22.5 Å². The fourth-order valence-corrected chi connectivity index (χ4v) is 3.80. The Morgan fingerprint density at radius 1 is 1.03 bits per heavy atom. The number of fused-ring (bicyclic) bond motifs is 2. The molecular weight excluding hydrogens is 390 g/mol. The Morgan fingerprint density at radius 2 is 1.93 bits per heavy atom. The molecule has 7 nitrogen and oxygen atoms in total. The maximum Gasteiger partial charge on any atom is 0.234 e. The van der Waals surface area contributed by atoms with Gasteiger partial charge in [-0.15, -0.1) is 0 Å². The van der Waals surface area contributed by atoms with Crippen LogP contribution in [-0.2, 0) is 4.79 Å². The number of nitrogens with one attached hydrogen (secondary N) is 1. The molecule has 0 fully saturated rings. The Morgan fingerprint density at radius 3 is 2.83 bits per heavy atom. The van der Waals surface area contributed by atoms with Crippen molar-refractivity contribution in [2.24, 2.45) is 0 Å². The zero-order valence-electron chi connectivity index (χ0n) is 15.1. The van der Waals surface area contributed by atoms with Crippen LogP contribution in [0.1, 0.15) is 0 Å². The van der Waals surface area contributed by atoms with Gasteiger partial charge < -0.3 is 19.2 Å². The van der Waals surface area contributed by atoms with E-state index in [1.807, 2.05) is 30.3 Å². The Balaban J connectivity index is 1.35. The van der Waals surface area contributed by atoms with E-state index in [1.54, 1.807) is 30.5 Å². The Hall–Kier alpha value is -3.52. The van der Waals surface area contributed by atoms with E-state index in [2.05, 4.69) is 15.3 Å². The van der Waals surface area contributed by atoms with Gasteiger partial charge in [-0.2, -0.15) is 0 Å². The molecule has 5 rings (SSSR count). The molecule has 1 N–H and O–H groups in total. The van der Waals surface area contributed by atoms with Gasteiger partial charge in [0.15, 0.2) is 23.1 Å². The van der Waals surface area contributed by atoms with Crippen LogP contribution in [0.4, 0.5) is 5.69 Å². The highest BCUT2D eigenvalue weighted by molar-refractivity contribution is 8.00. The first-order valence-electron chi connectivity index (χ1n) is 8.89. The van der Waals surface area contributed by atoms with E-state index in [4.69, 9.17) is 13.9 Å². The maximum atomic E-state index is 12.5. The van der Waals surface area contributed by atoms with Gasteiger partial charge in [0, 0.05) is 17.1 Å². The SMILES string of the molecule is O=C(CSc1nc(-c2ccco2)nc2ccccc12)Nc1ccc2c(c1)OCO2. The number of hydrogen-bond donors (Lipinski definition) is 1. The lowest BCUT2D eigenvalue weighted by molar-refractivity contribution is -0.113. The number of anilines is 1. The minimum absolute atomic E-state index is 0.142. The average Bonchev–Trinajstić information content (AvgIpc) is 3.43. The summed E-state index contributed by atoms with van der Waals surface area (Å²) in [6, 6.07) is 16.6. The number of carbonyl (C=O) groups excluding carboxylic acids is 1. The summed E-state index contributed by atoms with van der Waals surface area (Å²) in [5.41, 5.74) is 1.45. The van der Waals surface area contributed by atoms with Crippen molar-refractivity contribution >= 4 is 34.3 Å². The largest absolute Gasteiger partial charge is 0.461 e. The maximum absolute atomic E-state index is 12.5. The van der Waals surface area contributed by atoms with Crippen LogP contribution >= 0.6 is 11.8 Å². The predicted octanol–water partition coefficient (Wildman–Crippen LogP) is 4.35. The highest BCUT2D eigenvalue weighted by atomic mass is 32.2. The molecule has 144 valence electrons. The fraction of sp³-hybridized carbons (Fsp3) is 0.0952. The highest BCUT2D eigenvalue weighted by Crippen LogP contribution is 2.34. The van der Waals surface area contributed by atoms with Crippen LogP contribution in [0.5, 0.6) is 11.5 Å². The van der Waals surface area contributed by atoms with Gasteiger partial charge in [0.2, 0.25) is 12.7 Å². The van der Waals surface area contributed by atoms with Crippen molar-refractivity contribution in [1.82, 2.24) is 9.97 Å². The smallest absolute Gasteiger partial charge is 0.234 e. The van der Waals surface area contributed by atoms with Crippen molar-refractivity contribution in [2.75, 3.05) is 17.9 Å². The molecule has 1 amide bonds. The molecule has 0 atom stereocenters. The van der Waals surface area contributed by atoms with Crippen molar-refractivity contribution in [1.29, 1.82) is 0 Å². The third-order valence-corrected chi connectivity index (χ3v) is 5.30. The number of rotatable bonds is 5. The number of ether oxygens (including phenoxy) is 2. The number of furan rings is 1. The van der Waals surface area contributed by atoms with Crippen molar-refractivity contribution in [2.45, 2.75) is 5.03 Å². The van der Waals surface area contributed by atoms with Gasteiger partial charge in [-0.1, -0.05) is 30.0 Å². The van der Waals surface area contributed by atoms with E-state index >= 15 is 0 Å². The van der Waals surface area contributed by atoms with E-state index < -0.39 is 0 Å². The molecule has 0 aliphatic carbocycles. The molecule has 1 aliphatic heterocycles. The Bertz CT molecular complexity index is 1190. The van der Waals surface area contributed by atoms with Gasteiger partial charge in [-0.25, -0.2) is 9.97 Å². The summed E-state index contributed by atoms with van der Waals surface area (Å²) in [6.45, 7) is 0.196. The highest BCUT2D eigenvalue weighted by Gasteiger charge is 2.16. The molecule has 4 aromatic rings. The summed E-state index contributed by atoms with van der Waals surface area (Å²) in [6.07, 6.45) is 1.58. The van der Waals surface area contributed by atoms with Crippen molar-refractivity contribution in [3.05, 3.63) is 60.9 Å². The lowest BCUT2D eigenvalue weighted by Crippen LogP contribution is -2.14. The van der Waals surface area contributed by atoms with E-state index in [1.165, 1.54) is 11.8 Å². The minimum Gasteiger partial charge on any atom is -0.461 e. The standard InChI is InChI=1S/C21H15N3O4S/c25-19(22-13-7-8-16-18(10-13)28-12-27-16)11-29-21-14-4-1-2-5-15(14)23-20(24-21)17-6-3-9-26-17/h1-10H,11-12H2,(H,22,25). The average molecular weight is 405 g/mol. The second kappa shape index (κ2) is 7.48. The number of carbonyl (C=O) groups is 1. The summed E-state index contributed by atoms with van der Waals surface area (Å²) in [5, 5.41) is 4.49. The molecule has 0 saturated carbocycles. The molecule has 29 heavy (non-hydrogen) atoms. The monoisotopic (exact) mass is 405 g/mol. The number of aromatic nitrogens is 2. The van der Waals surface area contributed by atoms with Gasteiger partial charge in [-0.05, 0) is 30.3 Å². The molecule has 2 aromatic heterocycles. The first kappa shape index (κ1) is 17.6. The molecule has 0 spiro atoms. The van der Waals surface area contributed by atoms with E-state index in [9.17, 15) is 4.79 Å². The van der Waals surface area contributed by atoms with Crippen LogP contribution in [0, 0.1) is 0 Å². The topological polar surface area (TPSA) is 86.5 Å². The lowest BCUT2D eigenvalue weighted by Gasteiger charge is -2.08. The summed E-state index contributed by atoms with van der Waals surface area (Å²) in [4.78, 5) is 21.6. The van der Waals surface area contributed by atoms with Crippen molar-refractivity contribution < 1.29 is 18.7 Å². The summed E-state index contributed by atoms with van der Waals surface area (Å²) in [5.74, 6) is 2.44. The van der Waals surface area contributed by atoms with Gasteiger partial charge >= 0.3 is 0 Å². The van der Waals surface area contributed by atoms with Crippen LogP contribution in [-0.4, -0.2) is 28.4 Å². The fourth-order valence-electron chi connectivity index (χ4n) is 2.98. The van der Waals surface area contributed by atoms with Crippen LogP contribution in [0.2, 0.25) is 0 Å². The van der Waals surface area contributed by atoms with Gasteiger partial charge in [0.25, 0.3) is 0 Å². The number of nitrogens with zero attached hydrogens (tertiary/aromatic N) is 2. The lowest BCUT2D eigenvalue weighted by atomic mass is 10.2. The first-order chi connectivity index (χ1) is 14.3. The number of amides is 1. The zero-order chi connectivity index (χ0) is 19.6. The summed E-state index contributed by atoms with van der Waals surface area (Å²) < 4.78 is 16.1. The number of para-hydroxylation sites is 1. The van der Waals surface area contributed by atoms with Crippen LogP contribution in [0.3, 0.4) is 0 Å². The van der Waals surface area contributed by atoms with Crippen LogP contribution in [0.15, 0.2) is 70.3 Å². The molecule has 0 unspecified atom stereocenters. The Labute approximate surface area is 170 Å². The van der Waals surface area contributed by atoms with Crippen LogP contribution < -0.4 is 14.8 Å². The van der Waals surface area contributed by atoms with E-state index in [0.29, 0.717) is 28.8 Å². The normalized spacial score (nSPS) is 12.3. The second-order valence-electron chi connectivity index (χ2n) is 6.25. The molecular formula is C21H15N3O4S. The predicted molar refractivity (Wildman–Crippen MR) is 109 cm³/mol. The molecule has 1 aliphatic rings. The van der Waals surface area contributed by atoms with Crippen molar-refractivity contribution in [3.63, 3.8) is 0 Å². The quantitative estimate of drug-likeness (QED) is 0.390. The van der Waals surface area contributed by atoms with Crippen molar-refractivity contribution in [3.8, 4) is 23.1 Å². The molecule has 2 aromatic carbocycles. The minimum atomic E-state index is -0.142. The third-order valence-electron chi connectivity index (χ3n) is 4.31. The summed E-state index contributed by atoms with van der Waals surface area (Å²) >= 11 is 1.35. The Kier molecular flexibility index (Phi) is 4.53. The number of thioether (sulfide) groups is 1. The molecule has 0 bridgehead atoms. The zero-order valence-corrected chi connectivity index (χ0v) is 15.9.